The minimum atomic E-state index is 1.13. The van der Waals surface area contributed by atoms with E-state index in [0.29, 0.717) is 0 Å². The molecule has 0 aliphatic carbocycles. The van der Waals surface area contributed by atoms with Gasteiger partial charge in [-0.1, -0.05) is 12.2 Å². The summed E-state index contributed by atoms with van der Waals surface area (Å²) in [6.45, 7) is 2.25. The van der Waals surface area contributed by atoms with Crippen molar-refractivity contribution in [2.75, 3.05) is 13.1 Å². The standard InChI is InChI=1S/C4H6IN/c5-6-3-1-2-4-6/h1-2H,3-4H2. The third-order valence-corrected chi connectivity index (χ3v) is 1.56. The SMILES string of the molecule is IN1CC=CC1. The minimum absolute atomic E-state index is 1.13. The van der Waals surface area contributed by atoms with Gasteiger partial charge in [-0.3, -0.25) is 0 Å². The molecule has 0 aromatic heterocycles. The Morgan fingerprint density at radius 3 is 2.00 bits per heavy atom. The Hall–Kier alpha value is 0.430. The molecule has 1 heterocycles. The highest BCUT2D eigenvalue weighted by Crippen LogP contribution is 2.03. The van der Waals surface area contributed by atoms with E-state index in [1.165, 1.54) is 0 Å². The van der Waals surface area contributed by atoms with Crippen LogP contribution < -0.4 is 0 Å². The Morgan fingerprint density at radius 2 is 1.83 bits per heavy atom. The van der Waals surface area contributed by atoms with Crippen LogP contribution in [0, 0.1) is 0 Å². The third kappa shape index (κ3) is 0.944. The molecule has 1 aliphatic rings. The van der Waals surface area contributed by atoms with Gasteiger partial charge in [0.15, 0.2) is 0 Å². The fourth-order valence-corrected chi connectivity index (χ4v) is 0.907. The van der Waals surface area contributed by atoms with Crippen molar-refractivity contribution in [3.8, 4) is 0 Å². The normalized spacial score (nSPS) is 22.8. The summed E-state index contributed by atoms with van der Waals surface area (Å²) in [6, 6.07) is 0. The summed E-state index contributed by atoms with van der Waals surface area (Å²) >= 11 is 2.30. The molecule has 6 heavy (non-hydrogen) atoms. The molecule has 0 radical (unpaired) electrons. The quantitative estimate of drug-likeness (QED) is 0.319. The molecular weight excluding hydrogens is 189 g/mol. The number of hydrogen-bond acceptors (Lipinski definition) is 1. The van der Waals surface area contributed by atoms with Crippen molar-refractivity contribution in [2.45, 2.75) is 0 Å². The van der Waals surface area contributed by atoms with Gasteiger partial charge in [0.2, 0.25) is 0 Å². The highest BCUT2D eigenvalue weighted by Gasteiger charge is 1.97. The van der Waals surface area contributed by atoms with Crippen molar-refractivity contribution in [3.05, 3.63) is 12.2 Å². The minimum Gasteiger partial charge on any atom is -0.240 e. The summed E-state index contributed by atoms with van der Waals surface area (Å²) in [7, 11) is 0. The highest BCUT2D eigenvalue weighted by molar-refractivity contribution is 14.1. The lowest BCUT2D eigenvalue weighted by Crippen LogP contribution is -2.02. The van der Waals surface area contributed by atoms with Gasteiger partial charge in [-0.05, 0) is 0 Å². The zero-order chi connectivity index (χ0) is 4.41. The molecule has 0 bridgehead atoms. The molecule has 0 saturated heterocycles. The Labute approximate surface area is 51.5 Å². The predicted molar refractivity (Wildman–Crippen MR) is 34.7 cm³/mol. The molecule has 1 rings (SSSR count). The fourth-order valence-electron chi connectivity index (χ4n) is 0.452. The van der Waals surface area contributed by atoms with Crippen molar-refractivity contribution in [2.24, 2.45) is 0 Å². The smallest absolute Gasteiger partial charge is 0.0266 e. The topological polar surface area (TPSA) is 3.24 Å². The van der Waals surface area contributed by atoms with Gasteiger partial charge in [0.25, 0.3) is 0 Å². The van der Waals surface area contributed by atoms with E-state index in [-0.39, 0.29) is 0 Å². The van der Waals surface area contributed by atoms with E-state index in [2.05, 4.69) is 38.1 Å². The molecular formula is C4H6IN. The number of halogens is 1. The monoisotopic (exact) mass is 195 g/mol. The maximum absolute atomic E-state index is 2.30. The van der Waals surface area contributed by atoms with Gasteiger partial charge in [0, 0.05) is 36.0 Å². The van der Waals surface area contributed by atoms with Gasteiger partial charge in [-0.2, -0.15) is 0 Å². The summed E-state index contributed by atoms with van der Waals surface area (Å²) in [6.07, 6.45) is 4.35. The van der Waals surface area contributed by atoms with Crippen LogP contribution in [0.25, 0.3) is 0 Å². The molecule has 1 aliphatic heterocycles. The van der Waals surface area contributed by atoms with E-state index >= 15 is 0 Å². The van der Waals surface area contributed by atoms with Gasteiger partial charge in [-0.25, -0.2) is 3.11 Å². The fraction of sp³-hybridized carbons (Fsp3) is 0.500. The zero-order valence-corrected chi connectivity index (χ0v) is 5.55. The van der Waals surface area contributed by atoms with E-state index in [0.717, 1.165) is 13.1 Å². The van der Waals surface area contributed by atoms with Crippen LogP contribution in [0.5, 0.6) is 0 Å². The van der Waals surface area contributed by atoms with Crippen LogP contribution in [-0.4, -0.2) is 16.2 Å². The lowest BCUT2D eigenvalue weighted by atomic mass is 10.6. The molecule has 2 heteroatoms. The van der Waals surface area contributed by atoms with Crippen molar-refractivity contribution in [3.63, 3.8) is 0 Å². The van der Waals surface area contributed by atoms with Crippen molar-refractivity contribution in [1.29, 1.82) is 0 Å². The van der Waals surface area contributed by atoms with Crippen LogP contribution in [0.1, 0.15) is 0 Å². The van der Waals surface area contributed by atoms with Crippen LogP contribution in [0.2, 0.25) is 0 Å². The summed E-state index contributed by atoms with van der Waals surface area (Å²) in [5, 5.41) is 0. The van der Waals surface area contributed by atoms with Crippen LogP contribution in [0.15, 0.2) is 12.2 Å². The number of nitrogens with zero attached hydrogens (tertiary/aromatic N) is 1. The summed E-state index contributed by atoms with van der Waals surface area (Å²) < 4.78 is 2.22. The molecule has 0 amide bonds. The molecule has 0 N–H and O–H groups in total. The first-order valence-corrected chi connectivity index (χ1v) is 2.92. The van der Waals surface area contributed by atoms with E-state index in [9.17, 15) is 0 Å². The lowest BCUT2D eigenvalue weighted by molar-refractivity contribution is 0.661. The van der Waals surface area contributed by atoms with E-state index in [1.807, 2.05) is 0 Å². The van der Waals surface area contributed by atoms with Gasteiger partial charge in [0.1, 0.15) is 0 Å². The Balaban J connectivity index is 2.32. The second kappa shape index (κ2) is 1.93. The first-order chi connectivity index (χ1) is 2.89. The molecule has 0 fully saturated rings. The van der Waals surface area contributed by atoms with Crippen LogP contribution in [-0.2, 0) is 0 Å². The van der Waals surface area contributed by atoms with Gasteiger partial charge in [-0.15, -0.1) is 0 Å². The molecule has 0 unspecified atom stereocenters. The molecule has 0 aromatic rings. The summed E-state index contributed by atoms with van der Waals surface area (Å²) in [5.74, 6) is 0. The van der Waals surface area contributed by atoms with E-state index in [1.54, 1.807) is 0 Å². The predicted octanol–water partition coefficient (Wildman–Crippen LogP) is 1.21. The largest absolute Gasteiger partial charge is 0.240 e. The lowest BCUT2D eigenvalue weighted by Gasteiger charge is -1.97. The maximum atomic E-state index is 2.30. The first-order valence-electron chi connectivity index (χ1n) is 1.95. The second-order valence-corrected chi connectivity index (χ2v) is 2.66. The van der Waals surface area contributed by atoms with Crippen LogP contribution >= 0.6 is 22.9 Å². The molecule has 0 atom stereocenters. The summed E-state index contributed by atoms with van der Waals surface area (Å²) in [5.41, 5.74) is 0. The summed E-state index contributed by atoms with van der Waals surface area (Å²) in [4.78, 5) is 0. The molecule has 0 saturated carbocycles. The second-order valence-electron chi connectivity index (χ2n) is 1.30. The van der Waals surface area contributed by atoms with Crippen molar-refractivity contribution >= 4 is 22.9 Å². The number of hydrogen-bond donors (Lipinski definition) is 0. The maximum Gasteiger partial charge on any atom is 0.0266 e. The Kier molecular flexibility index (Phi) is 1.48. The van der Waals surface area contributed by atoms with Crippen LogP contribution in [0.3, 0.4) is 0 Å². The van der Waals surface area contributed by atoms with Gasteiger partial charge in [0.05, 0.1) is 0 Å². The highest BCUT2D eigenvalue weighted by atomic mass is 127. The zero-order valence-electron chi connectivity index (χ0n) is 3.39. The van der Waals surface area contributed by atoms with E-state index in [4.69, 9.17) is 0 Å². The van der Waals surface area contributed by atoms with Gasteiger partial charge >= 0.3 is 0 Å². The Morgan fingerprint density at radius 1 is 1.33 bits per heavy atom. The number of rotatable bonds is 0. The van der Waals surface area contributed by atoms with Crippen molar-refractivity contribution < 1.29 is 0 Å². The Bertz CT molecular complexity index is 61.9. The van der Waals surface area contributed by atoms with E-state index < -0.39 is 0 Å². The first kappa shape index (κ1) is 4.59. The molecule has 1 nitrogen and oxygen atoms in total. The third-order valence-electron chi connectivity index (χ3n) is 0.774. The average Bonchev–Trinajstić information content (AvgIpc) is 1.86. The molecule has 0 spiro atoms. The molecule has 0 aromatic carbocycles. The van der Waals surface area contributed by atoms with Gasteiger partial charge < -0.3 is 0 Å². The molecule has 34 valence electrons. The van der Waals surface area contributed by atoms with Crippen LogP contribution in [0.4, 0.5) is 0 Å². The van der Waals surface area contributed by atoms with Crippen molar-refractivity contribution in [1.82, 2.24) is 3.11 Å². The average molecular weight is 195 g/mol.